The number of nitro benzene ring substituents is 1. The minimum absolute atomic E-state index is 0.0815. The molecule has 0 radical (unpaired) electrons. The van der Waals surface area contributed by atoms with Crippen LogP contribution in [0.15, 0.2) is 36.4 Å². The van der Waals surface area contributed by atoms with Crippen molar-refractivity contribution < 1.29 is 28.0 Å². The van der Waals surface area contributed by atoms with Gasteiger partial charge in [-0.15, -0.1) is 0 Å². The van der Waals surface area contributed by atoms with Crippen molar-refractivity contribution in [2.24, 2.45) is 0 Å². The number of hydrogen-bond donors (Lipinski definition) is 1. The molecule has 2 rings (SSSR count). The minimum Gasteiger partial charge on any atom is -0.452 e. The second-order valence-electron chi connectivity index (χ2n) is 4.93. The molecule has 7 nitrogen and oxygen atoms in total. The third-order valence-corrected chi connectivity index (χ3v) is 3.28. The first kappa shape index (κ1) is 18.0. The largest absolute Gasteiger partial charge is 0.452 e. The predicted molar refractivity (Wildman–Crippen MR) is 83.1 cm³/mol. The molecular weight excluding hydrogens is 338 g/mol. The molecule has 1 N–H and O–H groups in total. The number of nitrogens with one attached hydrogen (secondary N) is 1. The van der Waals surface area contributed by atoms with E-state index < -0.39 is 40.7 Å². The van der Waals surface area contributed by atoms with Gasteiger partial charge >= 0.3 is 5.97 Å². The zero-order valence-corrected chi connectivity index (χ0v) is 12.9. The molecule has 9 heteroatoms. The topological polar surface area (TPSA) is 98.5 Å². The summed E-state index contributed by atoms with van der Waals surface area (Å²) in [5, 5.41) is 12.8. The average molecular weight is 350 g/mol. The van der Waals surface area contributed by atoms with Gasteiger partial charge in [0.2, 0.25) is 0 Å². The molecule has 0 atom stereocenters. The highest BCUT2D eigenvalue weighted by Crippen LogP contribution is 2.22. The number of halogens is 2. The van der Waals surface area contributed by atoms with Crippen LogP contribution in [0.1, 0.15) is 15.9 Å². The highest BCUT2D eigenvalue weighted by molar-refractivity contribution is 5.96. The molecule has 0 heterocycles. The van der Waals surface area contributed by atoms with Gasteiger partial charge in [0.25, 0.3) is 11.6 Å². The van der Waals surface area contributed by atoms with Crippen LogP contribution in [0.25, 0.3) is 0 Å². The fourth-order valence-corrected chi connectivity index (χ4v) is 2.04. The molecule has 0 saturated heterocycles. The van der Waals surface area contributed by atoms with Gasteiger partial charge < -0.3 is 10.1 Å². The van der Waals surface area contributed by atoms with Crippen LogP contribution < -0.4 is 5.32 Å². The molecule has 0 aromatic heterocycles. The van der Waals surface area contributed by atoms with E-state index in [0.29, 0.717) is 0 Å². The van der Waals surface area contributed by atoms with E-state index in [0.717, 1.165) is 18.2 Å². The van der Waals surface area contributed by atoms with Crippen molar-refractivity contribution in [3.8, 4) is 0 Å². The Morgan fingerprint density at radius 1 is 1.16 bits per heavy atom. The van der Waals surface area contributed by atoms with Crippen molar-refractivity contribution in [1.29, 1.82) is 0 Å². The van der Waals surface area contributed by atoms with Crippen LogP contribution in [-0.4, -0.2) is 23.4 Å². The molecule has 0 aliphatic rings. The number of hydrogen-bond acceptors (Lipinski definition) is 5. The first-order chi connectivity index (χ1) is 11.8. The van der Waals surface area contributed by atoms with E-state index in [4.69, 9.17) is 4.74 Å². The molecule has 0 aliphatic carbocycles. The zero-order valence-electron chi connectivity index (χ0n) is 12.9. The molecule has 0 bridgehead atoms. The summed E-state index contributed by atoms with van der Waals surface area (Å²) in [6, 6.07) is 6.87. The first-order valence-electron chi connectivity index (χ1n) is 6.96. The summed E-state index contributed by atoms with van der Waals surface area (Å²) in [4.78, 5) is 33.8. The van der Waals surface area contributed by atoms with Crippen molar-refractivity contribution >= 4 is 23.3 Å². The highest BCUT2D eigenvalue weighted by atomic mass is 19.1. The number of amides is 1. The molecule has 0 spiro atoms. The Kier molecular flexibility index (Phi) is 5.38. The van der Waals surface area contributed by atoms with E-state index in [2.05, 4.69) is 0 Å². The summed E-state index contributed by atoms with van der Waals surface area (Å²) in [6.45, 7) is 0.554. The lowest BCUT2D eigenvalue weighted by Gasteiger charge is -2.09. The van der Waals surface area contributed by atoms with Crippen molar-refractivity contribution in [2.45, 2.75) is 6.92 Å². The number of para-hydroxylation sites is 1. The molecule has 0 fully saturated rings. The van der Waals surface area contributed by atoms with Gasteiger partial charge in [-0.1, -0.05) is 12.1 Å². The summed E-state index contributed by atoms with van der Waals surface area (Å²) < 4.78 is 31.6. The quantitative estimate of drug-likeness (QED) is 0.508. The SMILES string of the molecule is Cc1c(C(=O)OCC(=O)Nc2c(F)cccc2F)cccc1[N+](=O)[O-]. The van der Waals surface area contributed by atoms with Crippen LogP contribution in [0.3, 0.4) is 0 Å². The maximum atomic E-state index is 13.4. The summed E-state index contributed by atoms with van der Waals surface area (Å²) in [7, 11) is 0. The van der Waals surface area contributed by atoms with E-state index in [1.54, 1.807) is 0 Å². The van der Waals surface area contributed by atoms with Crippen LogP contribution in [-0.2, 0) is 9.53 Å². The van der Waals surface area contributed by atoms with Crippen LogP contribution in [0.4, 0.5) is 20.2 Å². The van der Waals surface area contributed by atoms with Crippen molar-refractivity contribution in [3.63, 3.8) is 0 Å². The van der Waals surface area contributed by atoms with Gasteiger partial charge in [-0.05, 0) is 25.1 Å². The number of ether oxygens (including phenoxy) is 1. The Hall–Kier alpha value is -3.36. The summed E-state index contributed by atoms with van der Waals surface area (Å²) in [5.41, 5.74) is -0.931. The van der Waals surface area contributed by atoms with Gasteiger partial charge in [0.15, 0.2) is 6.61 Å². The summed E-state index contributed by atoms with van der Waals surface area (Å²) in [5.74, 6) is -3.88. The van der Waals surface area contributed by atoms with Gasteiger partial charge in [-0.25, -0.2) is 13.6 Å². The number of carbonyl (C=O) groups excluding carboxylic acids is 2. The number of nitrogens with zero attached hydrogens (tertiary/aromatic N) is 1. The second kappa shape index (κ2) is 7.47. The van der Waals surface area contributed by atoms with Crippen molar-refractivity contribution in [3.05, 3.63) is 69.3 Å². The Morgan fingerprint density at radius 2 is 1.76 bits per heavy atom. The molecule has 25 heavy (non-hydrogen) atoms. The lowest BCUT2D eigenvalue weighted by atomic mass is 10.1. The Balaban J connectivity index is 2.04. The Morgan fingerprint density at radius 3 is 2.36 bits per heavy atom. The number of nitro groups is 1. The van der Waals surface area contributed by atoms with Crippen molar-refractivity contribution in [2.75, 3.05) is 11.9 Å². The zero-order chi connectivity index (χ0) is 18.6. The fourth-order valence-electron chi connectivity index (χ4n) is 2.04. The van der Waals surface area contributed by atoms with Gasteiger partial charge in [-0.2, -0.15) is 0 Å². The van der Waals surface area contributed by atoms with E-state index in [9.17, 15) is 28.5 Å². The van der Waals surface area contributed by atoms with Crippen LogP contribution in [0, 0.1) is 28.7 Å². The fraction of sp³-hybridized carbons (Fsp3) is 0.125. The normalized spacial score (nSPS) is 10.2. The summed E-state index contributed by atoms with van der Waals surface area (Å²) >= 11 is 0. The standard InChI is InChI=1S/C16H12F2N2O5/c1-9-10(4-2-7-13(9)20(23)24)16(22)25-8-14(21)19-15-11(17)5-3-6-12(15)18/h2-7H,8H2,1H3,(H,19,21). The number of benzene rings is 2. The van der Waals surface area contributed by atoms with Gasteiger partial charge in [0.1, 0.15) is 17.3 Å². The summed E-state index contributed by atoms with van der Waals surface area (Å²) in [6.07, 6.45) is 0. The van der Waals surface area contributed by atoms with E-state index >= 15 is 0 Å². The Bertz CT molecular complexity index is 834. The molecule has 0 aliphatic heterocycles. The van der Waals surface area contributed by atoms with Gasteiger partial charge in [-0.3, -0.25) is 14.9 Å². The molecule has 0 unspecified atom stereocenters. The maximum absolute atomic E-state index is 13.4. The third-order valence-electron chi connectivity index (χ3n) is 3.28. The minimum atomic E-state index is -0.978. The number of anilines is 1. The molecule has 0 saturated carbocycles. The number of esters is 1. The third kappa shape index (κ3) is 4.14. The first-order valence-corrected chi connectivity index (χ1v) is 6.96. The monoisotopic (exact) mass is 350 g/mol. The molecule has 1 amide bonds. The molecule has 2 aromatic rings. The molecular formula is C16H12F2N2O5. The van der Waals surface area contributed by atoms with E-state index in [1.807, 2.05) is 5.32 Å². The average Bonchev–Trinajstić information content (AvgIpc) is 2.56. The van der Waals surface area contributed by atoms with E-state index in [-0.39, 0.29) is 16.8 Å². The van der Waals surface area contributed by atoms with Crippen LogP contribution in [0.5, 0.6) is 0 Å². The van der Waals surface area contributed by atoms with Gasteiger partial charge in [0.05, 0.1) is 10.5 Å². The molecule has 130 valence electrons. The number of rotatable bonds is 5. The van der Waals surface area contributed by atoms with E-state index in [1.165, 1.54) is 25.1 Å². The number of carbonyl (C=O) groups is 2. The predicted octanol–water partition coefficient (Wildman–Crippen LogP) is 2.98. The van der Waals surface area contributed by atoms with Crippen LogP contribution in [0.2, 0.25) is 0 Å². The highest BCUT2D eigenvalue weighted by Gasteiger charge is 2.20. The Labute approximate surface area is 140 Å². The maximum Gasteiger partial charge on any atom is 0.339 e. The van der Waals surface area contributed by atoms with Crippen LogP contribution >= 0.6 is 0 Å². The molecule has 2 aromatic carbocycles. The second-order valence-corrected chi connectivity index (χ2v) is 4.93. The lowest BCUT2D eigenvalue weighted by Crippen LogP contribution is -2.22. The van der Waals surface area contributed by atoms with Gasteiger partial charge in [0, 0.05) is 11.6 Å². The van der Waals surface area contributed by atoms with Crippen molar-refractivity contribution in [1.82, 2.24) is 0 Å². The smallest absolute Gasteiger partial charge is 0.339 e. The lowest BCUT2D eigenvalue weighted by molar-refractivity contribution is -0.385.